The lowest BCUT2D eigenvalue weighted by atomic mass is 10.1. The van der Waals surface area contributed by atoms with E-state index < -0.39 is 103 Å². The van der Waals surface area contributed by atoms with E-state index in [4.69, 9.17) is 0 Å². The third kappa shape index (κ3) is 38.8. The Morgan fingerprint density at radius 2 is 0.821 bits per heavy atom. The lowest BCUT2D eigenvalue weighted by Crippen LogP contribution is -2.46. The van der Waals surface area contributed by atoms with Gasteiger partial charge in [-0.3, -0.25) is 47.7 Å². The van der Waals surface area contributed by atoms with Gasteiger partial charge in [0, 0.05) is 32.7 Å². The topological polar surface area (TPSA) is 516 Å². The maximum absolute atomic E-state index is 11.3. The Labute approximate surface area is 496 Å². The maximum atomic E-state index is 11.3. The molecule has 8 heterocycles. The number of carbonyl (C=O) groups excluding carboxylic acids is 5. The van der Waals surface area contributed by atoms with E-state index >= 15 is 0 Å². The number of rotatable bonds is 1. The first kappa shape index (κ1) is 78.8. The fourth-order valence-electron chi connectivity index (χ4n) is 6.67. The predicted molar refractivity (Wildman–Crippen MR) is 307 cm³/mol. The molecule has 84 heavy (non-hydrogen) atoms. The Balaban J connectivity index is 0.000000481. The van der Waals surface area contributed by atoms with Crippen LogP contribution < -0.4 is 52.0 Å². The molecule has 0 aromatic carbocycles. The number of hydrogen-bond donors (Lipinski definition) is 10. The lowest BCUT2D eigenvalue weighted by molar-refractivity contribution is -0.123. The standard InChI is InChI=1S/C7H14N2O3S.C5H10N2O3S.3C5H11NO3S.C5H9NO3S.C4H7NO4S.C4H7NO3S2/c1-5(2)6-7(10)8-3-4-13(11,12)9-6;1-4-5(8)6-2-3-11(9,10)7-4;3*1-5-6-3-2-4-10(7,8)9-5;7-5-4-10(8,9)3-1-2-6-5;2*6-4-5-2-1-3-10(7,8)9-4/h5-6,9H,3-4H2,1-2H3,(H,8,10);4,7H,2-3H2,1H3,(H,6,8);3*5-6H,2-4H2,1H3;1-4H2,(H,6,7);2*1-3H2,(H,5,6)/t6-;4-;;;;;;/m00....../s1. The van der Waals surface area contributed by atoms with Gasteiger partial charge in [-0.2, -0.15) is 33.7 Å². The van der Waals surface area contributed by atoms with Crippen LogP contribution in [0.5, 0.6) is 0 Å². The molecule has 35 nitrogen and oxygen atoms in total. The van der Waals surface area contributed by atoms with Crippen molar-refractivity contribution in [1.29, 1.82) is 0 Å². The zero-order valence-electron chi connectivity index (χ0n) is 47.1. The van der Waals surface area contributed by atoms with Crippen molar-refractivity contribution in [1.82, 2.24) is 52.0 Å². The SMILES string of the molecule is CC(C)[C@@H]1NS(=O)(=O)CCNC1=O.CC1NCCCS(=O)(=O)O1.CC1NCCCS(=O)(=O)O1.CC1NCCCS(=O)(=O)O1.C[C@@H]1NS(=O)(=O)CCNC1=O.O=C1CS(=O)(=O)CCCN1.O=C1NCCCS(=O)(=O)O1.O=C1NCCCS(=O)(=O)S1. The molecule has 0 saturated carbocycles. The van der Waals surface area contributed by atoms with Crippen LogP contribution in [0.3, 0.4) is 0 Å². The minimum Gasteiger partial charge on any atom is -0.355 e. The first-order valence-electron chi connectivity index (χ1n) is 25.9. The molecule has 0 bridgehead atoms. The van der Waals surface area contributed by atoms with E-state index in [-0.39, 0.29) is 107 Å². The molecule has 0 aromatic rings. The van der Waals surface area contributed by atoms with Gasteiger partial charge in [-0.05, 0) is 91.8 Å². The average Bonchev–Trinajstić information content (AvgIpc) is 3.99. The van der Waals surface area contributed by atoms with Crippen molar-refractivity contribution >= 4 is 119 Å². The fraction of sp³-hybridized carbons (Fsp3) is 0.875. The van der Waals surface area contributed by atoms with E-state index in [0.717, 1.165) is 0 Å². The van der Waals surface area contributed by atoms with Crippen molar-refractivity contribution in [3.8, 4) is 0 Å². The van der Waals surface area contributed by atoms with Gasteiger partial charge in [-0.15, -0.1) is 0 Å². The molecule has 8 rings (SSSR count). The molecule has 5 atom stereocenters. The summed E-state index contributed by atoms with van der Waals surface area (Å²) in [6.45, 7) is 14.0. The number of carbonyl (C=O) groups is 5. The van der Waals surface area contributed by atoms with E-state index in [9.17, 15) is 91.3 Å². The summed E-state index contributed by atoms with van der Waals surface area (Å²) in [5, 5.41) is 20.4. The zero-order chi connectivity index (χ0) is 64.2. The molecule has 8 aliphatic rings. The minimum absolute atomic E-state index is 0.0344. The van der Waals surface area contributed by atoms with E-state index in [2.05, 4.69) is 68.7 Å². The first-order valence-corrected chi connectivity index (χ1v) is 40.3. The van der Waals surface area contributed by atoms with Gasteiger partial charge in [0.15, 0.2) is 9.84 Å². The highest BCUT2D eigenvalue weighted by Gasteiger charge is 2.30. The third-order valence-corrected chi connectivity index (χ3v) is 23.4. The number of sulfonamides is 2. The van der Waals surface area contributed by atoms with Gasteiger partial charge in [0.25, 0.3) is 35.6 Å². The van der Waals surface area contributed by atoms with Gasteiger partial charge in [-0.1, -0.05) is 13.8 Å². The maximum Gasteiger partial charge on any atom is 0.422 e. The molecular formula is C40H80N10O25S9. The predicted octanol–water partition coefficient (Wildman–Crippen LogP) is -4.97. The quantitative estimate of drug-likeness (QED) is 0.0868. The highest BCUT2D eigenvalue weighted by molar-refractivity contribution is 8.77. The van der Waals surface area contributed by atoms with Crippen LogP contribution in [-0.4, -0.2) is 231 Å². The number of amides is 5. The summed E-state index contributed by atoms with van der Waals surface area (Å²) in [4.78, 5) is 53.7. The Morgan fingerprint density at radius 1 is 0.429 bits per heavy atom. The van der Waals surface area contributed by atoms with Crippen molar-refractivity contribution in [2.75, 3.05) is 104 Å². The minimum atomic E-state index is -3.58. The van der Waals surface area contributed by atoms with Gasteiger partial charge in [0.1, 0.15) is 30.5 Å². The van der Waals surface area contributed by atoms with E-state index in [1.165, 1.54) is 6.92 Å². The van der Waals surface area contributed by atoms with E-state index in [1.54, 1.807) is 34.6 Å². The summed E-state index contributed by atoms with van der Waals surface area (Å²) in [7, 11) is -25.6. The average molecular weight is 1390 g/mol. The van der Waals surface area contributed by atoms with Crippen LogP contribution in [-0.2, 0) is 110 Å². The number of nitrogens with one attached hydrogen (secondary N) is 10. The van der Waals surface area contributed by atoms with Crippen molar-refractivity contribution in [3.63, 3.8) is 0 Å². The number of hydrogen-bond acceptors (Lipinski definition) is 29. The molecule has 5 amide bonds. The summed E-state index contributed by atoms with van der Waals surface area (Å²) in [6.07, 6.45) is 1.37. The molecule has 10 N–H and O–H groups in total. The van der Waals surface area contributed by atoms with Gasteiger partial charge < -0.3 is 30.8 Å². The van der Waals surface area contributed by atoms with E-state index in [1.807, 2.05) is 0 Å². The molecule has 0 radical (unpaired) electrons. The molecular weight excluding hydrogens is 1310 g/mol. The molecule has 8 fully saturated rings. The fourth-order valence-corrected chi connectivity index (χ4v) is 16.9. The van der Waals surface area contributed by atoms with Crippen molar-refractivity contribution in [2.24, 2.45) is 5.92 Å². The van der Waals surface area contributed by atoms with Crippen LogP contribution in [0, 0.1) is 5.92 Å². The number of sulfone groups is 1. The molecule has 0 aromatic heterocycles. The molecule has 0 aliphatic carbocycles. The van der Waals surface area contributed by atoms with Crippen LogP contribution in [0.2, 0.25) is 0 Å². The second-order valence-corrected chi connectivity index (χ2v) is 35.8. The highest BCUT2D eigenvalue weighted by atomic mass is 33.1. The Hall–Kier alpha value is -3.22. The summed E-state index contributed by atoms with van der Waals surface area (Å²) >= 11 is 0. The van der Waals surface area contributed by atoms with Crippen LogP contribution in [0.15, 0.2) is 0 Å². The summed E-state index contributed by atoms with van der Waals surface area (Å²) in [5.41, 5.74) is 0. The largest absolute Gasteiger partial charge is 0.422 e. The van der Waals surface area contributed by atoms with Gasteiger partial charge >= 0.3 is 16.2 Å². The van der Waals surface area contributed by atoms with Crippen molar-refractivity contribution in [2.45, 2.75) is 111 Å². The lowest BCUT2D eigenvalue weighted by Gasteiger charge is -2.17. The Kier molecular flexibility index (Phi) is 34.6. The van der Waals surface area contributed by atoms with Crippen LogP contribution in [0.25, 0.3) is 0 Å². The van der Waals surface area contributed by atoms with Crippen LogP contribution in [0.1, 0.15) is 80.1 Å². The zero-order valence-corrected chi connectivity index (χ0v) is 54.5. The molecule has 0 spiro atoms. The smallest absolute Gasteiger partial charge is 0.355 e. The molecule has 8 saturated heterocycles. The first-order chi connectivity index (χ1) is 38.5. The van der Waals surface area contributed by atoms with Crippen molar-refractivity contribution in [3.05, 3.63) is 0 Å². The van der Waals surface area contributed by atoms with Crippen LogP contribution in [0.4, 0.5) is 9.59 Å². The molecule has 8 aliphatic heterocycles. The van der Waals surface area contributed by atoms with Gasteiger partial charge in [-0.25, -0.2) is 47.9 Å². The summed E-state index contributed by atoms with van der Waals surface area (Å²) < 4.78 is 196. The van der Waals surface area contributed by atoms with Crippen LogP contribution >= 0.6 is 10.8 Å². The van der Waals surface area contributed by atoms with Gasteiger partial charge in [0.2, 0.25) is 46.6 Å². The highest BCUT2D eigenvalue weighted by Crippen LogP contribution is 2.17. The van der Waals surface area contributed by atoms with Crippen molar-refractivity contribution < 1.29 is 108 Å². The van der Waals surface area contributed by atoms with Gasteiger partial charge in [0.05, 0.1) is 62.9 Å². The molecule has 3 unspecified atom stereocenters. The Morgan fingerprint density at radius 3 is 1.30 bits per heavy atom. The monoisotopic (exact) mass is 1390 g/mol. The Bertz CT molecular complexity index is 2850. The normalized spacial score (nSPS) is 29.0. The third-order valence-electron chi connectivity index (χ3n) is 10.6. The molecule has 44 heteroatoms. The molecule has 494 valence electrons. The van der Waals surface area contributed by atoms with E-state index in [0.29, 0.717) is 88.6 Å². The second-order valence-electron chi connectivity index (χ2n) is 18.9. The summed E-state index contributed by atoms with van der Waals surface area (Å²) in [5.74, 6) is -0.821. The summed E-state index contributed by atoms with van der Waals surface area (Å²) in [6, 6.07) is -1.28. The second kappa shape index (κ2) is 36.9.